The number of aryl methyl sites for hydroxylation is 1. The van der Waals surface area contributed by atoms with Crippen LogP contribution >= 0.6 is 0 Å². The minimum atomic E-state index is -0.936. The van der Waals surface area contributed by atoms with Crippen molar-refractivity contribution < 1.29 is 13.2 Å². The lowest BCUT2D eigenvalue weighted by Crippen LogP contribution is -1.98. The summed E-state index contributed by atoms with van der Waals surface area (Å²) in [6.45, 7) is 2.21. The summed E-state index contributed by atoms with van der Waals surface area (Å²) in [4.78, 5) is 0. The van der Waals surface area contributed by atoms with Crippen molar-refractivity contribution in [1.29, 1.82) is 0 Å². The lowest BCUT2D eigenvalue weighted by molar-refractivity contribution is 0.478. The van der Waals surface area contributed by atoms with Gasteiger partial charge in [-0.1, -0.05) is 13.3 Å². The monoisotopic (exact) mass is 225 g/mol. The normalized spacial score (nSPS) is 11.2. The zero-order valence-electron chi connectivity index (χ0n) is 9.02. The molecule has 0 amide bonds. The molecule has 0 atom stereocenters. The highest BCUT2D eigenvalue weighted by molar-refractivity contribution is 5.83. The van der Waals surface area contributed by atoms with Gasteiger partial charge in [-0.3, -0.25) is 0 Å². The largest absolute Gasteiger partial charge is 0.456 e. The Balaban J connectivity index is 2.72. The van der Waals surface area contributed by atoms with Gasteiger partial charge < -0.3 is 10.2 Å². The molecule has 0 spiro atoms. The molecular formula is C12H13F2NO. The Bertz CT molecular complexity index is 519. The molecule has 16 heavy (non-hydrogen) atoms. The van der Waals surface area contributed by atoms with Gasteiger partial charge in [-0.25, -0.2) is 4.39 Å². The van der Waals surface area contributed by atoms with E-state index in [1.54, 1.807) is 6.07 Å². The second kappa shape index (κ2) is 4.22. The van der Waals surface area contributed by atoms with Gasteiger partial charge in [0.1, 0.15) is 5.76 Å². The molecular weight excluding hydrogens is 212 g/mol. The SMILES string of the molecule is CCCc1c(CN)oc2c(F)c(F)ccc12. The molecule has 1 aromatic heterocycles. The molecule has 4 heteroatoms. The smallest absolute Gasteiger partial charge is 0.201 e. The van der Waals surface area contributed by atoms with Crippen molar-refractivity contribution in [2.45, 2.75) is 26.3 Å². The van der Waals surface area contributed by atoms with Crippen LogP contribution < -0.4 is 5.73 Å². The highest BCUT2D eigenvalue weighted by Crippen LogP contribution is 2.29. The predicted molar refractivity (Wildman–Crippen MR) is 58.0 cm³/mol. The summed E-state index contributed by atoms with van der Waals surface area (Å²) in [6.07, 6.45) is 1.66. The van der Waals surface area contributed by atoms with E-state index in [0.29, 0.717) is 11.1 Å². The van der Waals surface area contributed by atoms with Crippen LogP contribution in [0.15, 0.2) is 16.5 Å². The number of hydrogen-bond donors (Lipinski definition) is 1. The lowest BCUT2D eigenvalue weighted by Gasteiger charge is -1.97. The van der Waals surface area contributed by atoms with E-state index < -0.39 is 11.6 Å². The van der Waals surface area contributed by atoms with Crippen molar-refractivity contribution in [2.24, 2.45) is 5.73 Å². The van der Waals surface area contributed by atoms with E-state index in [1.807, 2.05) is 6.92 Å². The number of benzene rings is 1. The van der Waals surface area contributed by atoms with Crippen LogP contribution in [0.25, 0.3) is 11.0 Å². The summed E-state index contributed by atoms with van der Waals surface area (Å²) in [5.74, 6) is -1.29. The van der Waals surface area contributed by atoms with Crippen LogP contribution in [0.1, 0.15) is 24.7 Å². The third kappa shape index (κ3) is 1.59. The Morgan fingerprint density at radius 1 is 1.31 bits per heavy atom. The van der Waals surface area contributed by atoms with Gasteiger partial charge in [-0.15, -0.1) is 0 Å². The summed E-state index contributed by atoms with van der Waals surface area (Å²) in [5, 5.41) is 0.626. The van der Waals surface area contributed by atoms with Crippen LogP contribution in [-0.4, -0.2) is 0 Å². The molecule has 0 aliphatic rings. The average molecular weight is 225 g/mol. The number of halogens is 2. The Labute approximate surface area is 92.0 Å². The van der Waals surface area contributed by atoms with Crippen molar-refractivity contribution in [3.8, 4) is 0 Å². The first-order valence-electron chi connectivity index (χ1n) is 5.27. The molecule has 0 unspecified atom stereocenters. The van der Waals surface area contributed by atoms with Crippen LogP contribution in [0, 0.1) is 11.6 Å². The number of furan rings is 1. The number of nitrogens with two attached hydrogens (primary N) is 1. The molecule has 2 nitrogen and oxygen atoms in total. The quantitative estimate of drug-likeness (QED) is 0.871. The molecule has 0 aliphatic carbocycles. The first-order chi connectivity index (χ1) is 7.69. The first kappa shape index (κ1) is 11.1. The molecule has 0 saturated carbocycles. The third-order valence-electron chi connectivity index (χ3n) is 2.62. The minimum Gasteiger partial charge on any atom is -0.456 e. The Kier molecular flexibility index (Phi) is 2.92. The summed E-state index contributed by atoms with van der Waals surface area (Å²) >= 11 is 0. The van der Waals surface area contributed by atoms with E-state index in [0.717, 1.165) is 24.5 Å². The number of fused-ring (bicyclic) bond motifs is 1. The standard InChI is InChI=1S/C12H13F2NO/c1-2-3-7-8-4-5-9(13)11(14)12(8)16-10(7)6-15/h4-5H,2-3,6,15H2,1H3. The van der Waals surface area contributed by atoms with Gasteiger partial charge in [-0.2, -0.15) is 4.39 Å². The van der Waals surface area contributed by atoms with Gasteiger partial charge >= 0.3 is 0 Å². The molecule has 0 fully saturated rings. The van der Waals surface area contributed by atoms with Gasteiger partial charge in [0, 0.05) is 10.9 Å². The number of rotatable bonds is 3. The highest BCUT2D eigenvalue weighted by atomic mass is 19.2. The molecule has 1 heterocycles. The van der Waals surface area contributed by atoms with Crippen molar-refractivity contribution in [1.82, 2.24) is 0 Å². The summed E-state index contributed by atoms with van der Waals surface area (Å²) in [6, 6.07) is 2.66. The fourth-order valence-corrected chi connectivity index (χ4v) is 1.89. The van der Waals surface area contributed by atoms with E-state index >= 15 is 0 Å². The average Bonchev–Trinajstić information content (AvgIpc) is 2.63. The second-order valence-corrected chi connectivity index (χ2v) is 3.70. The van der Waals surface area contributed by atoms with Crippen LogP contribution in [0.5, 0.6) is 0 Å². The van der Waals surface area contributed by atoms with Gasteiger partial charge in [0.15, 0.2) is 11.4 Å². The molecule has 0 radical (unpaired) electrons. The second-order valence-electron chi connectivity index (χ2n) is 3.70. The fourth-order valence-electron chi connectivity index (χ4n) is 1.89. The van der Waals surface area contributed by atoms with Crippen LogP contribution in [-0.2, 0) is 13.0 Å². The molecule has 1 aromatic carbocycles. The number of hydrogen-bond acceptors (Lipinski definition) is 2. The Morgan fingerprint density at radius 3 is 2.69 bits per heavy atom. The maximum Gasteiger partial charge on any atom is 0.201 e. The molecule has 0 aliphatic heterocycles. The van der Waals surface area contributed by atoms with Crippen LogP contribution in [0.4, 0.5) is 8.78 Å². The first-order valence-corrected chi connectivity index (χ1v) is 5.27. The van der Waals surface area contributed by atoms with E-state index in [2.05, 4.69) is 0 Å². The van der Waals surface area contributed by atoms with E-state index in [9.17, 15) is 8.78 Å². The van der Waals surface area contributed by atoms with Crippen molar-refractivity contribution in [2.75, 3.05) is 0 Å². The zero-order valence-corrected chi connectivity index (χ0v) is 9.02. The Hall–Kier alpha value is -1.42. The summed E-state index contributed by atoms with van der Waals surface area (Å²) < 4.78 is 31.7. The van der Waals surface area contributed by atoms with Crippen molar-refractivity contribution >= 4 is 11.0 Å². The third-order valence-corrected chi connectivity index (χ3v) is 2.62. The van der Waals surface area contributed by atoms with Gasteiger partial charge in [-0.05, 0) is 18.6 Å². The van der Waals surface area contributed by atoms with Crippen LogP contribution in [0.3, 0.4) is 0 Å². The molecule has 0 bridgehead atoms. The zero-order chi connectivity index (χ0) is 11.7. The lowest BCUT2D eigenvalue weighted by atomic mass is 10.1. The molecule has 2 aromatic rings. The highest BCUT2D eigenvalue weighted by Gasteiger charge is 2.17. The minimum absolute atomic E-state index is 0.0242. The molecule has 2 rings (SSSR count). The molecule has 86 valence electrons. The van der Waals surface area contributed by atoms with Gasteiger partial charge in [0.25, 0.3) is 0 Å². The molecule has 0 saturated heterocycles. The van der Waals surface area contributed by atoms with Crippen LogP contribution in [0.2, 0.25) is 0 Å². The van der Waals surface area contributed by atoms with Crippen molar-refractivity contribution in [3.05, 3.63) is 35.1 Å². The molecule has 2 N–H and O–H groups in total. The van der Waals surface area contributed by atoms with E-state index in [-0.39, 0.29) is 12.1 Å². The van der Waals surface area contributed by atoms with E-state index in [1.165, 1.54) is 0 Å². The van der Waals surface area contributed by atoms with Gasteiger partial charge in [0.2, 0.25) is 5.82 Å². The maximum absolute atomic E-state index is 13.5. The van der Waals surface area contributed by atoms with E-state index in [4.69, 9.17) is 10.2 Å². The summed E-state index contributed by atoms with van der Waals surface area (Å²) in [5.41, 5.74) is 6.39. The van der Waals surface area contributed by atoms with Gasteiger partial charge in [0.05, 0.1) is 6.54 Å². The van der Waals surface area contributed by atoms with Crippen molar-refractivity contribution in [3.63, 3.8) is 0 Å². The summed E-state index contributed by atoms with van der Waals surface area (Å²) in [7, 11) is 0. The predicted octanol–water partition coefficient (Wildman–Crippen LogP) is 3.12. The Morgan fingerprint density at radius 2 is 2.06 bits per heavy atom. The maximum atomic E-state index is 13.5. The fraction of sp³-hybridized carbons (Fsp3) is 0.333. The topological polar surface area (TPSA) is 39.2 Å².